The second-order valence-corrected chi connectivity index (χ2v) is 4.06. The van der Waals surface area contributed by atoms with Gasteiger partial charge in [-0.25, -0.2) is 4.98 Å². The summed E-state index contributed by atoms with van der Waals surface area (Å²) in [5, 5.41) is 5.66. The van der Waals surface area contributed by atoms with E-state index in [0.29, 0.717) is 18.1 Å². The zero-order chi connectivity index (χ0) is 12.8. The molecule has 1 amide bonds. The summed E-state index contributed by atoms with van der Waals surface area (Å²) in [6, 6.07) is 0.277. The largest absolute Gasteiger partial charge is 0.372 e. The van der Waals surface area contributed by atoms with Crippen LogP contribution in [0.15, 0.2) is 12.4 Å². The van der Waals surface area contributed by atoms with Crippen molar-refractivity contribution in [2.45, 2.75) is 13.0 Å². The number of anilines is 1. The number of hydrogen-bond acceptors (Lipinski definition) is 5. The maximum Gasteiger partial charge on any atom is 0.271 e. The van der Waals surface area contributed by atoms with E-state index in [9.17, 15) is 4.79 Å². The molecule has 0 aliphatic carbocycles. The molecule has 1 unspecified atom stereocenters. The molecule has 0 saturated carbocycles. The standard InChI is InChI=1S/C11H19N5O/c1-8(16(3)4)5-14-11(17)9-6-13-7-10(12-2)15-9/h6-8H,5H2,1-4H3,(H,12,15)(H,14,17). The van der Waals surface area contributed by atoms with Crippen molar-refractivity contribution in [1.29, 1.82) is 0 Å². The molecular formula is C11H19N5O. The molecule has 17 heavy (non-hydrogen) atoms. The number of nitrogens with one attached hydrogen (secondary N) is 2. The molecule has 0 fully saturated rings. The van der Waals surface area contributed by atoms with E-state index in [2.05, 4.69) is 20.6 Å². The van der Waals surface area contributed by atoms with E-state index in [1.807, 2.05) is 25.9 Å². The first-order valence-corrected chi connectivity index (χ1v) is 5.49. The van der Waals surface area contributed by atoms with Gasteiger partial charge in [-0.2, -0.15) is 0 Å². The predicted octanol–water partition coefficient (Wildman–Crippen LogP) is 0.198. The molecule has 1 rings (SSSR count). The first-order chi connectivity index (χ1) is 8.04. The summed E-state index contributed by atoms with van der Waals surface area (Å²) in [4.78, 5) is 21.9. The Hall–Kier alpha value is -1.69. The Morgan fingerprint density at radius 3 is 2.76 bits per heavy atom. The summed E-state index contributed by atoms with van der Waals surface area (Å²) >= 11 is 0. The lowest BCUT2D eigenvalue weighted by Gasteiger charge is -2.19. The van der Waals surface area contributed by atoms with Crippen LogP contribution >= 0.6 is 0 Å². The van der Waals surface area contributed by atoms with E-state index in [1.165, 1.54) is 6.20 Å². The van der Waals surface area contributed by atoms with E-state index in [0.717, 1.165) is 0 Å². The fourth-order valence-corrected chi connectivity index (χ4v) is 1.11. The van der Waals surface area contributed by atoms with Crippen LogP contribution < -0.4 is 10.6 Å². The summed E-state index contributed by atoms with van der Waals surface area (Å²) in [7, 11) is 5.68. The van der Waals surface area contributed by atoms with Gasteiger partial charge < -0.3 is 15.5 Å². The normalized spacial score (nSPS) is 12.3. The maximum atomic E-state index is 11.8. The zero-order valence-electron chi connectivity index (χ0n) is 10.7. The third kappa shape index (κ3) is 3.99. The van der Waals surface area contributed by atoms with Crippen LogP contribution in [-0.2, 0) is 0 Å². The van der Waals surface area contributed by atoms with Crippen molar-refractivity contribution < 1.29 is 4.79 Å². The second-order valence-electron chi connectivity index (χ2n) is 4.06. The Bertz CT molecular complexity index is 380. The van der Waals surface area contributed by atoms with Crippen LogP contribution in [0.5, 0.6) is 0 Å². The topological polar surface area (TPSA) is 70.2 Å². The Morgan fingerprint density at radius 2 is 2.18 bits per heavy atom. The molecule has 0 aliphatic rings. The Balaban J connectivity index is 2.57. The highest BCUT2D eigenvalue weighted by Crippen LogP contribution is 2.00. The van der Waals surface area contributed by atoms with Crippen molar-refractivity contribution in [2.75, 3.05) is 33.0 Å². The van der Waals surface area contributed by atoms with Gasteiger partial charge in [-0.05, 0) is 21.0 Å². The molecule has 1 aromatic rings. The monoisotopic (exact) mass is 237 g/mol. The SMILES string of the molecule is CNc1cncc(C(=O)NCC(C)N(C)C)n1. The van der Waals surface area contributed by atoms with Gasteiger partial charge in [0.25, 0.3) is 5.91 Å². The lowest BCUT2D eigenvalue weighted by atomic mass is 10.3. The van der Waals surface area contributed by atoms with Gasteiger partial charge in [-0.15, -0.1) is 0 Å². The first kappa shape index (κ1) is 13.4. The Kier molecular flexibility index (Phi) is 4.84. The van der Waals surface area contributed by atoms with Gasteiger partial charge in [0.05, 0.1) is 12.4 Å². The minimum Gasteiger partial charge on any atom is -0.372 e. The Labute approximate surface area is 101 Å². The highest BCUT2D eigenvalue weighted by molar-refractivity contribution is 5.92. The summed E-state index contributed by atoms with van der Waals surface area (Å²) in [5.74, 6) is 0.376. The highest BCUT2D eigenvalue weighted by atomic mass is 16.1. The van der Waals surface area contributed by atoms with Gasteiger partial charge >= 0.3 is 0 Å². The zero-order valence-corrected chi connectivity index (χ0v) is 10.7. The summed E-state index contributed by atoms with van der Waals surface area (Å²) in [5.41, 5.74) is 0.322. The van der Waals surface area contributed by atoms with Gasteiger partial charge in [-0.3, -0.25) is 9.78 Å². The van der Waals surface area contributed by atoms with Crippen molar-refractivity contribution in [3.8, 4) is 0 Å². The average molecular weight is 237 g/mol. The van der Waals surface area contributed by atoms with Gasteiger partial charge in [0.2, 0.25) is 0 Å². The van der Waals surface area contributed by atoms with Crippen molar-refractivity contribution in [3.63, 3.8) is 0 Å². The number of hydrogen-bond donors (Lipinski definition) is 2. The first-order valence-electron chi connectivity index (χ1n) is 5.49. The number of nitrogens with zero attached hydrogens (tertiary/aromatic N) is 3. The summed E-state index contributed by atoms with van der Waals surface area (Å²) in [6.07, 6.45) is 3.02. The molecule has 2 N–H and O–H groups in total. The minimum atomic E-state index is -0.205. The van der Waals surface area contributed by atoms with E-state index in [-0.39, 0.29) is 11.9 Å². The molecule has 0 aliphatic heterocycles. The van der Waals surface area contributed by atoms with E-state index < -0.39 is 0 Å². The lowest BCUT2D eigenvalue weighted by Crippen LogP contribution is -2.38. The number of likely N-dealkylation sites (N-methyl/N-ethyl adjacent to an activating group) is 1. The number of rotatable bonds is 5. The van der Waals surface area contributed by atoms with Crippen molar-refractivity contribution in [2.24, 2.45) is 0 Å². The maximum absolute atomic E-state index is 11.8. The lowest BCUT2D eigenvalue weighted by molar-refractivity contribution is 0.0938. The molecule has 0 radical (unpaired) electrons. The molecule has 1 heterocycles. The molecule has 1 aromatic heterocycles. The fourth-order valence-electron chi connectivity index (χ4n) is 1.11. The number of aromatic nitrogens is 2. The average Bonchev–Trinajstić information content (AvgIpc) is 2.35. The quantitative estimate of drug-likeness (QED) is 0.765. The molecule has 0 bridgehead atoms. The molecule has 1 atom stereocenters. The molecule has 94 valence electrons. The van der Waals surface area contributed by atoms with Crippen molar-refractivity contribution in [3.05, 3.63) is 18.1 Å². The van der Waals surface area contributed by atoms with Crippen LogP contribution in [0.2, 0.25) is 0 Å². The molecule has 6 nitrogen and oxygen atoms in total. The summed E-state index contributed by atoms with van der Waals surface area (Å²) in [6.45, 7) is 2.62. The third-order valence-corrected chi connectivity index (χ3v) is 2.56. The van der Waals surface area contributed by atoms with Gasteiger partial charge in [0.15, 0.2) is 0 Å². The van der Waals surface area contributed by atoms with E-state index in [1.54, 1.807) is 13.2 Å². The number of carbonyl (C=O) groups excluding carboxylic acids is 1. The third-order valence-electron chi connectivity index (χ3n) is 2.56. The molecular weight excluding hydrogens is 218 g/mol. The van der Waals surface area contributed by atoms with Gasteiger partial charge in [0.1, 0.15) is 11.5 Å². The van der Waals surface area contributed by atoms with E-state index >= 15 is 0 Å². The number of carbonyl (C=O) groups is 1. The Morgan fingerprint density at radius 1 is 1.47 bits per heavy atom. The van der Waals surface area contributed by atoms with Crippen LogP contribution in [0.25, 0.3) is 0 Å². The molecule has 0 saturated heterocycles. The summed E-state index contributed by atoms with van der Waals surface area (Å²) < 4.78 is 0. The van der Waals surface area contributed by atoms with Crippen LogP contribution in [0.3, 0.4) is 0 Å². The van der Waals surface area contributed by atoms with Crippen molar-refractivity contribution >= 4 is 11.7 Å². The van der Waals surface area contributed by atoms with Crippen LogP contribution in [0.1, 0.15) is 17.4 Å². The van der Waals surface area contributed by atoms with Gasteiger partial charge in [0, 0.05) is 19.6 Å². The minimum absolute atomic E-state index is 0.205. The highest BCUT2D eigenvalue weighted by Gasteiger charge is 2.10. The number of amides is 1. The van der Waals surface area contributed by atoms with Crippen molar-refractivity contribution in [1.82, 2.24) is 20.2 Å². The van der Waals surface area contributed by atoms with Crippen LogP contribution in [-0.4, -0.2) is 54.5 Å². The second kappa shape index (κ2) is 6.15. The fraction of sp³-hybridized carbons (Fsp3) is 0.545. The smallest absolute Gasteiger partial charge is 0.271 e. The van der Waals surface area contributed by atoms with Crippen LogP contribution in [0.4, 0.5) is 5.82 Å². The molecule has 0 spiro atoms. The molecule has 0 aromatic carbocycles. The van der Waals surface area contributed by atoms with E-state index in [4.69, 9.17) is 0 Å². The predicted molar refractivity (Wildman–Crippen MR) is 67.1 cm³/mol. The molecule has 6 heteroatoms. The van der Waals surface area contributed by atoms with Gasteiger partial charge in [-0.1, -0.05) is 0 Å². The van der Waals surface area contributed by atoms with Crippen LogP contribution in [0, 0.1) is 0 Å².